The van der Waals surface area contributed by atoms with Gasteiger partial charge in [0.15, 0.2) is 0 Å². The minimum absolute atomic E-state index is 0.163. The zero-order chi connectivity index (χ0) is 22.6. The summed E-state index contributed by atoms with van der Waals surface area (Å²) in [7, 11) is 0. The highest BCUT2D eigenvalue weighted by Gasteiger charge is 2.17. The van der Waals surface area contributed by atoms with Crippen molar-refractivity contribution in [2.24, 2.45) is 0 Å². The van der Waals surface area contributed by atoms with Gasteiger partial charge in [-0.25, -0.2) is 0 Å². The van der Waals surface area contributed by atoms with Crippen LogP contribution < -0.4 is 9.47 Å². The predicted octanol–water partition coefficient (Wildman–Crippen LogP) is 3.12. The van der Waals surface area contributed by atoms with Crippen molar-refractivity contribution < 1.29 is 24.8 Å². The summed E-state index contributed by atoms with van der Waals surface area (Å²) in [5.74, 6) is 1.64. The first-order chi connectivity index (χ1) is 15.6. The Hall–Kier alpha value is -3.06. The summed E-state index contributed by atoms with van der Waals surface area (Å²) >= 11 is 0. The van der Waals surface area contributed by atoms with E-state index in [4.69, 9.17) is 9.47 Å². The highest BCUT2D eigenvalue weighted by Crippen LogP contribution is 2.13. The van der Waals surface area contributed by atoms with E-state index in [9.17, 15) is 15.3 Å². The lowest BCUT2D eigenvalue weighted by Gasteiger charge is -2.27. The number of aliphatic hydroxyl groups is 2. The molecule has 3 N–H and O–H groups in total. The standard InChI is InChI=1S/C26H31NO5/c28-22-13-11-21(12-14-22)15-16-27(17-23(29)19-31-25-7-3-1-4-8-25)18-24(30)20-32-26-9-5-2-6-10-26/h1-14,23-24,28-30H,15-20H2. The number of aromatic hydroxyl groups is 1. The van der Waals surface area contributed by atoms with Crippen molar-refractivity contribution in [3.63, 3.8) is 0 Å². The molecule has 170 valence electrons. The molecule has 0 spiro atoms. The highest BCUT2D eigenvalue weighted by atomic mass is 16.5. The lowest BCUT2D eigenvalue weighted by Crippen LogP contribution is -2.42. The van der Waals surface area contributed by atoms with Crippen molar-refractivity contribution in [2.45, 2.75) is 18.6 Å². The molecule has 0 bridgehead atoms. The monoisotopic (exact) mass is 437 g/mol. The highest BCUT2D eigenvalue weighted by molar-refractivity contribution is 5.26. The van der Waals surface area contributed by atoms with Crippen LogP contribution in [0.5, 0.6) is 17.2 Å². The Balaban J connectivity index is 1.52. The van der Waals surface area contributed by atoms with Crippen LogP contribution >= 0.6 is 0 Å². The lowest BCUT2D eigenvalue weighted by atomic mass is 10.1. The van der Waals surface area contributed by atoms with Gasteiger partial charge in [-0.15, -0.1) is 0 Å². The van der Waals surface area contributed by atoms with Crippen LogP contribution in [-0.4, -0.2) is 65.3 Å². The maximum atomic E-state index is 10.5. The van der Waals surface area contributed by atoms with Crippen molar-refractivity contribution in [2.75, 3.05) is 32.8 Å². The maximum Gasteiger partial charge on any atom is 0.119 e. The van der Waals surface area contributed by atoms with Crippen LogP contribution in [0.15, 0.2) is 84.9 Å². The van der Waals surface area contributed by atoms with Crippen LogP contribution in [0.3, 0.4) is 0 Å². The number of rotatable bonds is 13. The maximum absolute atomic E-state index is 10.5. The van der Waals surface area contributed by atoms with E-state index in [1.165, 1.54) is 0 Å². The van der Waals surface area contributed by atoms with Crippen molar-refractivity contribution in [1.82, 2.24) is 4.90 Å². The molecule has 3 aromatic rings. The van der Waals surface area contributed by atoms with Gasteiger partial charge < -0.3 is 24.8 Å². The summed E-state index contributed by atoms with van der Waals surface area (Å²) in [6, 6.07) is 25.8. The third-order valence-electron chi connectivity index (χ3n) is 4.96. The SMILES string of the molecule is Oc1ccc(CCN(CC(O)COc2ccccc2)CC(O)COc2ccccc2)cc1. The topological polar surface area (TPSA) is 82.4 Å². The molecule has 0 radical (unpaired) electrons. The van der Waals surface area contributed by atoms with Gasteiger partial charge in [-0.2, -0.15) is 0 Å². The molecule has 6 heteroatoms. The van der Waals surface area contributed by atoms with E-state index in [0.29, 0.717) is 31.1 Å². The number of para-hydroxylation sites is 2. The average Bonchev–Trinajstić information content (AvgIpc) is 2.82. The number of benzene rings is 3. The zero-order valence-electron chi connectivity index (χ0n) is 18.1. The average molecular weight is 438 g/mol. The van der Waals surface area contributed by atoms with Crippen LogP contribution in [0.2, 0.25) is 0 Å². The Morgan fingerprint density at radius 1 is 0.656 bits per heavy atom. The van der Waals surface area contributed by atoms with E-state index < -0.39 is 12.2 Å². The van der Waals surface area contributed by atoms with E-state index >= 15 is 0 Å². The molecule has 32 heavy (non-hydrogen) atoms. The molecule has 0 aliphatic rings. The van der Waals surface area contributed by atoms with Gasteiger partial charge in [0.2, 0.25) is 0 Å². The lowest BCUT2D eigenvalue weighted by molar-refractivity contribution is 0.0318. The van der Waals surface area contributed by atoms with E-state index in [2.05, 4.69) is 0 Å². The Morgan fingerprint density at radius 3 is 1.59 bits per heavy atom. The molecule has 0 aromatic heterocycles. The summed E-state index contributed by atoms with van der Waals surface area (Å²) in [4.78, 5) is 2.00. The number of aliphatic hydroxyl groups excluding tert-OH is 2. The Labute approximate surface area is 189 Å². The molecule has 0 saturated carbocycles. The van der Waals surface area contributed by atoms with Gasteiger partial charge in [-0.05, 0) is 48.4 Å². The molecule has 0 aliphatic carbocycles. The molecule has 0 heterocycles. The smallest absolute Gasteiger partial charge is 0.119 e. The van der Waals surface area contributed by atoms with Gasteiger partial charge >= 0.3 is 0 Å². The van der Waals surface area contributed by atoms with E-state index in [-0.39, 0.29) is 19.0 Å². The van der Waals surface area contributed by atoms with Crippen molar-refractivity contribution in [3.8, 4) is 17.2 Å². The summed E-state index contributed by atoms with van der Waals surface area (Å²) in [6.07, 6.45) is -0.701. The van der Waals surface area contributed by atoms with Crippen LogP contribution in [0.1, 0.15) is 5.56 Å². The zero-order valence-corrected chi connectivity index (χ0v) is 18.1. The number of hydrogen-bond donors (Lipinski definition) is 3. The molecule has 2 unspecified atom stereocenters. The second-order valence-corrected chi connectivity index (χ2v) is 7.73. The Morgan fingerprint density at radius 2 is 1.12 bits per heavy atom. The quantitative estimate of drug-likeness (QED) is 0.381. The number of ether oxygens (including phenoxy) is 2. The first-order valence-corrected chi connectivity index (χ1v) is 10.8. The van der Waals surface area contributed by atoms with Crippen molar-refractivity contribution >= 4 is 0 Å². The molecule has 0 fully saturated rings. The normalized spacial score (nSPS) is 13.0. The molecule has 0 saturated heterocycles. The summed E-state index contributed by atoms with van der Waals surface area (Å²) in [5.41, 5.74) is 1.07. The molecular formula is C26H31NO5. The number of phenols is 1. The second-order valence-electron chi connectivity index (χ2n) is 7.73. The fourth-order valence-electron chi connectivity index (χ4n) is 3.33. The number of phenolic OH excluding ortho intramolecular Hbond substituents is 1. The van der Waals surface area contributed by atoms with Crippen molar-refractivity contribution in [1.29, 1.82) is 0 Å². The third kappa shape index (κ3) is 8.59. The van der Waals surface area contributed by atoms with Gasteiger partial charge in [-0.1, -0.05) is 48.5 Å². The van der Waals surface area contributed by atoms with Crippen LogP contribution in [0.25, 0.3) is 0 Å². The van der Waals surface area contributed by atoms with Gasteiger partial charge in [-0.3, -0.25) is 4.90 Å². The predicted molar refractivity (Wildman–Crippen MR) is 124 cm³/mol. The van der Waals surface area contributed by atoms with E-state index in [0.717, 1.165) is 12.0 Å². The van der Waals surface area contributed by atoms with Gasteiger partial charge in [0.25, 0.3) is 0 Å². The van der Waals surface area contributed by atoms with Gasteiger partial charge in [0.05, 0.1) is 0 Å². The second kappa shape index (κ2) is 12.7. The Kier molecular flexibility index (Phi) is 9.37. The summed E-state index contributed by atoms with van der Waals surface area (Å²) < 4.78 is 11.3. The van der Waals surface area contributed by atoms with Crippen molar-refractivity contribution in [3.05, 3.63) is 90.5 Å². The van der Waals surface area contributed by atoms with Crippen LogP contribution in [-0.2, 0) is 6.42 Å². The van der Waals surface area contributed by atoms with Gasteiger partial charge in [0.1, 0.15) is 42.7 Å². The first kappa shape index (κ1) is 23.6. The van der Waals surface area contributed by atoms with E-state index in [1.54, 1.807) is 12.1 Å². The summed E-state index contributed by atoms with van der Waals surface area (Å²) in [6.45, 7) is 1.67. The number of hydrogen-bond acceptors (Lipinski definition) is 6. The molecule has 0 amide bonds. The summed E-state index contributed by atoms with van der Waals surface area (Å²) in [5, 5.41) is 30.5. The molecule has 2 atom stereocenters. The number of nitrogens with zero attached hydrogens (tertiary/aromatic N) is 1. The van der Waals surface area contributed by atoms with Crippen LogP contribution in [0, 0.1) is 0 Å². The molecule has 3 aromatic carbocycles. The molecule has 6 nitrogen and oxygen atoms in total. The van der Waals surface area contributed by atoms with Gasteiger partial charge in [0, 0.05) is 19.6 Å². The van der Waals surface area contributed by atoms with E-state index in [1.807, 2.05) is 77.7 Å². The Bertz CT molecular complexity index is 838. The third-order valence-corrected chi connectivity index (χ3v) is 4.96. The first-order valence-electron chi connectivity index (χ1n) is 10.8. The molecule has 3 rings (SSSR count). The van der Waals surface area contributed by atoms with Crippen LogP contribution in [0.4, 0.5) is 0 Å². The largest absolute Gasteiger partial charge is 0.508 e. The minimum Gasteiger partial charge on any atom is -0.508 e. The molecular weight excluding hydrogens is 406 g/mol. The fourth-order valence-corrected chi connectivity index (χ4v) is 3.33. The minimum atomic E-state index is -0.711. The molecule has 0 aliphatic heterocycles. The fraction of sp³-hybridized carbons (Fsp3) is 0.308.